The fraction of sp³-hybridized carbons (Fsp3) is 0.143. The molecule has 0 spiro atoms. The van der Waals surface area contributed by atoms with E-state index in [1.54, 1.807) is 12.3 Å². The Hall–Kier alpha value is -3.30. The van der Waals surface area contributed by atoms with E-state index in [-0.39, 0.29) is 18.3 Å². The van der Waals surface area contributed by atoms with E-state index in [1.165, 1.54) is 22.7 Å². The number of hydrogen-bond acceptors (Lipinski definition) is 8. The molecule has 30 heavy (non-hydrogen) atoms. The molecule has 0 aliphatic rings. The molecule has 3 aromatic heterocycles. The minimum atomic E-state index is -0.353. The number of rotatable bonds is 6. The first kappa shape index (κ1) is 20.0. The number of thiazole rings is 1. The molecule has 0 aliphatic carbocycles. The average molecular weight is 439 g/mol. The number of anilines is 2. The van der Waals surface area contributed by atoms with E-state index < -0.39 is 0 Å². The number of esters is 1. The van der Waals surface area contributed by atoms with Crippen LogP contribution in [0.5, 0.6) is 0 Å². The van der Waals surface area contributed by atoms with Crippen LogP contribution in [0.15, 0.2) is 47.8 Å². The van der Waals surface area contributed by atoms with Crippen molar-refractivity contribution >= 4 is 55.6 Å². The summed E-state index contributed by atoms with van der Waals surface area (Å²) < 4.78 is 4.91. The van der Waals surface area contributed by atoms with E-state index in [4.69, 9.17) is 10.5 Å². The summed E-state index contributed by atoms with van der Waals surface area (Å²) in [5, 5.41) is 5.61. The summed E-state index contributed by atoms with van der Waals surface area (Å²) in [5.74, 6) is -0.705. The Morgan fingerprint density at radius 2 is 1.93 bits per heavy atom. The van der Waals surface area contributed by atoms with Crippen LogP contribution in [0.3, 0.4) is 0 Å². The number of carbonyl (C=O) groups is 2. The van der Waals surface area contributed by atoms with Crippen LogP contribution < -0.4 is 11.1 Å². The summed E-state index contributed by atoms with van der Waals surface area (Å²) in [6.07, 6.45) is 0.0669. The van der Waals surface area contributed by atoms with E-state index >= 15 is 0 Å². The van der Waals surface area contributed by atoms with Gasteiger partial charge in [0.1, 0.15) is 9.71 Å². The minimum Gasteiger partial charge on any atom is -0.466 e. The van der Waals surface area contributed by atoms with E-state index in [1.807, 2.05) is 42.5 Å². The predicted molar refractivity (Wildman–Crippen MR) is 120 cm³/mol. The van der Waals surface area contributed by atoms with Crippen molar-refractivity contribution in [1.82, 2.24) is 9.97 Å². The lowest BCUT2D eigenvalue weighted by Crippen LogP contribution is -2.12. The number of aromatic nitrogens is 2. The van der Waals surface area contributed by atoms with Gasteiger partial charge < -0.3 is 10.5 Å². The number of fused-ring (bicyclic) bond motifs is 1. The Labute approximate surface area is 180 Å². The predicted octanol–water partition coefficient (Wildman–Crippen LogP) is 4.36. The lowest BCUT2D eigenvalue weighted by Gasteiger charge is -2.01. The average Bonchev–Trinajstić information content (AvgIpc) is 3.32. The first-order chi connectivity index (χ1) is 14.5. The van der Waals surface area contributed by atoms with Crippen molar-refractivity contribution in [1.29, 1.82) is 0 Å². The fourth-order valence-corrected chi connectivity index (χ4v) is 4.59. The maximum atomic E-state index is 12.8. The van der Waals surface area contributed by atoms with Gasteiger partial charge in [0.25, 0.3) is 5.91 Å². The molecule has 0 atom stereocenters. The molecule has 0 radical (unpaired) electrons. The van der Waals surface area contributed by atoms with Crippen molar-refractivity contribution in [3.63, 3.8) is 0 Å². The molecular weight excluding hydrogens is 420 g/mol. The first-order valence-electron chi connectivity index (χ1n) is 9.21. The molecular formula is C21H18N4O3S2. The van der Waals surface area contributed by atoms with E-state index in [9.17, 15) is 9.59 Å². The molecule has 0 unspecified atom stereocenters. The molecule has 4 aromatic rings. The van der Waals surface area contributed by atoms with Crippen LogP contribution in [0.4, 0.5) is 10.8 Å². The number of benzene rings is 1. The number of pyridine rings is 1. The monoisotopic (exact) mass is 438 g/mol. The topological polar surface area (TPSA) is 107 Å². The summed E-state index contributed by atoms with van der Waals surface area (Å²) in [4.78, 5) is 34.3. The van der Waals surface area contributed by atoms with Crippen molar-refractivity contribution in [2.45, 2.75) is 13.3 Å². The summed E-state index contributed by atoms with van der Waals surface area (Å²) in [5.41, 5.74) is 8.97. The third-order valence-electron chi connectivity index (χ3n) is 4.27. The quantitative estimate of drug-likeness (QED) is 0.433. The largest absolute Gasteiger partial charge is 0.466 e. The third-order valence-corrected chi connectivity index (χ3v) is 6.19. The summed E-state index contributed by atoms with van der Waals surface area (Å²) in [6.45, 7) is 2.06. The van der Waals surface area contributed by atoms with Crippen LogP contribution in [0.2, 0.25) is 0 Å². The highest BCUT2D eigenvalue weighted by Gasteiger charge is 2.19. The van der Waals surface area contributed by atoms with Crippen LogP contribution in [-0.4, -0.2) is 28.5 Å². The number of ether oxygens (including phenoxy) is 1. The zero-order valence-electron chi connectivity index (χ0n) is 16.0. The number of nitrogen functional groups attached to an aromatic ring is 1. The molecule has 0 aliphatic heterocycles. The Bertz CT molecular complexity index is 1220. The smallest absolute Gasteiger partial charge is 0.311 e. The molecule has 152 valence electrons. The lowest BCUT2D eigenvalue weighted by atomic mass is 10.1. The second-order valence-electron chi connectivity index (χ2n) is 6.34. The van der Waals surface area contributed by atoms with Gasteiger partial charge in [-0.3, -0.25) is 14.9 Å². The minimum absolute atomic E-state index is 0.0669. The normalized spacial score (nSPS) is 10.8. The summed E-state index contributed by atoms with van der Waals surface area (Å²) in [6, 6.07) is 13.6. The van der Waals surface area contributed by atoms with Crippen LogP contribution in [0.1, 0.15) is 22.3 Å². The van der Waals surface area contributed by atoms with Gasteiger partial charge in [0.05, 0.1) is 30.1 Å². The highest BCUT2D eigenvalue weighted by Crippen LogP contribution is 2.34. The van der Waals surface area contributed by atoms with Gasteiger partial charge in [0.2, 0.25) is 0 Å². The van der Waals surface area contributed by atoms with E-state index in [2.05, 4.69) is 15.3 Å². The maximum Gasteiger partial charge on any atom is 0.311 e. The van der Waals surface area contributed by atoms with Gasteiger partial charge in [0, 0.05) is 16.3 Å². The number of nitrogens with zero attached hydrogens (tertiary/aromatic N) is 2. The number of thiophene rings is 1. The number of nitrogens with two attached hydrogens (primary N) is 1. The van der Waals surface area contributed by atoms with Gasteiger partial charge in [-0.15, -0.1) is 22.7 Å². The SMILES string of the molecule is CCOC(=O)Cc1csc(NC(=O)c2sc3nc(-c4ccccc4)ccc3c2N)n1. The van der Waals surface area contributed by atoms with Crippen molar-refractivity contribution in [3.8, 4) is 11.3 Å². The number of amides is 1. The fourth-order valence-electron chi connectivity index (χ4n) is 2.89. The Kier molecular flexibility index (Phi) is 5.73. The molecule has 0 saturated carbocycles. The molecule has 7 nitrogen and oxygen atoms in total. The highest BCUT2D eigenvalue weighted by molar-refractivity contribution is 7.21. The highest BCUT2D eigenvalue weighted by atomic mass is 32.1. The van der Waals surface area contributed by atoms with Crippen molar-refractivity contribution in [3.05, 3.63) is 58.4 Å². The van der Waals surface area contributed by atoms with Crippen LogP contribution in [0.25, 0.3) is 21.5 Å². The zero-order chi connectivity index (χ0) is 21.1. The maximum absolute atomic E-state index is 12.8. The molecule has 0 fully saturated rings. The Morgan fingerprint density at radius 1 is 1.13 bits per heavy atom. The second kappa shape index (κ2) is 8.60. The number of carbonyl (C=O) groups excluding carboxylic acids is 2. The third kappa shape index (κ3) is 4.17. The molecule has 9 heteroatoms. The molecule has 1 aromatic carbocycles. The molecule has 0 bridgehead atoms. The van der Waals surface area contributed by atoms with Gasteiger partial charge >= 0.3 is 5.97 Å². The van der Waals surface area contributed by atoms with Crippen LogP contribution >= 0.6 is 22.7 Å². The first-order valence-corrected chi connectivity index (χ1v) is 10.9. The van der Waals surface area contributed by atoms with Gasteiger partial charge in [-0.05, 0) is 19.1 Å². The van der Waals surface area contributed by atoms with Gasteiger partial charge in [-0.1, -0.05) is 30.3 Å². The van der Waals surface area contributed by atoms with Crippen molar-refractivity contribution in [2.24, 2.45) is 0 Å². The Balaban J connectivity index is 1.54. The zero-order valence-corrected chi connectivity index (χ0v) is 17.7. The second-order valence-corrected chi connectivity index (χ2v) is 8.20. The Morgan fingerprint density at radius 3 is 2.70 bits per heavy atom. The van der Waals surface area contributed by atoms with Gasteiger partial charge in [0.15, 0.2) is 5.13 Å². The molecule has 4 rings (SSSR count). The van der Waals surface area contributed by atoms with Crippen molar-refractivity contribution < 1.29 is 14.3 Å². The van der Waals surface area contributed by atoms with Crippen LogP contribution in [-0.2, 0) is 16.0 Å². The standard InChI is InChI=1S/C21H18N4O3S2/c1-2-28-16(26)10-13-11-29-21(23-13)25-19(27)18-17(22)14-8-9-15(24-20(14)30-18)12-6-4-3-5-7-12/h3-9,11H,2,10,22H2,1H3,(H,23,25,27). The van der Waals surface area contributed by atoms with E-state index in [0.717, 1.165) is 16.6 Å². The summed E-state index contributed by atoms with van der Waals surface area (Å²) >= 11 is 2.48. The molecule has 0 saturated heterocycles. The summed E-state index contributed by atoms with van der Waals surface area (Å²) in [7, 11) is 0. The number of nitrogens with one attached hydrogen (secondary N) is 1. The molecule has 3 N–H and O–H groups in total. The van der Waals surface area contributed by atoms with Gasteiger partial charge in [-0.25, -0.2) is 9.97 Å². The lowest BCUT2D eigenvalue weighted by molar-refractivity contribution is -0.142. The number of hydrogen-bond donors (Lipinski definition) is 2. The molecule has 1 amide bonds. The van der Waals surface area contributed by atoms with E-state index in [0.29, 0.717) is 32.8 Å². The van der Waals surface area contributed by atoms with Crippen LogP contribution in [0, 0.1) is 0 Å². The molecule has 3 heterocycles. The van der Waals surface area contributed by atoms with Gasteiger partial charge in [-0.2, -0.15) is 0 Å². The van der Waals surface area contributed by atoms with Crippen molar-refractivity contribution in [2.75, 3.05) is 17.7 Å².